The van der Waals surface area contributed by atoms with Gasteiger partial charge >= 0.3 is 0 Å². The average Bonchev–Trinajstić information content (AvgIpc) is 2.06. The lowest BCUT2D eigenvalue weighted by Gasteiger charge is -2.06. The number of hydrogen-bond acceptors (Lipinski definition) is 3. The molecule has 0 bridgehead atoms. The SMILES string of the molecule is COc1ccc(CS(=O)(=O)O)c(C)c1. The smallest absolute Gasteiger partial charge is 0.269 e. The highest BCUT2D eigenvalue weighted by atomic mass is 32.2. The van der Waals surface area contributed by atoms with Crippen molar-refractivity contribution in [1.29, 1.82) is 0 Å². The highest BCUT2D eigenvalue weighted by Crippen LogP contribution is 2.18. The molecule has 4 nitrogen and oxygen atoms in total. The Balaban J connectivity index is 3.01. The van der Waals surface area contributed by atoms with Gasteiger partial charge in [-0.05, 0) is 30.2 Å². The Bertz CT molecular complexity index is 422. The Morgan fingerprint density at radius 1 is 1.43 bits per heavy atom. The van der Waals surface area contributed by atoms with E-state index in [9.17, 15) is 8.42 Å². The molecule has 0 radical (unpaired) electrons. The molecule has 1 rings (SSSR count). The molecule has 1 aromatic carbocycles. The Morgan fingerprint density at radius 2 is 2.07 bits per heavy atom. The summed E-state index contributed by atoms with van der Waals surface area (Å²) in [5.74, 6) is 0.310. The zero-order chi connectivity index (χ0) is 10.8. The van der Waals surface area contributed by atoms with Gasteiger partial charge in [-0.1, -0.05) is 6.07 Å². The van der Waals surface area contributed by atoms with E-state index in [1.807, 2.05) is 0 Å². The highest BCUT2D eigenvalue weighted by Gasteiger charge is 2.09. The van der Waals surface area contributed by atoms with Crippen molar-refractivity contribution < 1.29 is 17.7 Å². The van der Waals surface area contributed by atoms with E-state index in [2.05, 4.69) is 0 Å². The lowest BCUT2D eigenvalue weighted by atomic mass is 10.1. The number of ether oxygens (including phenoxy) is 1. The molecular weight excluding hydrogens is 204 g/mol. The molecule has 0 heterocycles. The van der Waals surface area contributed by atoms with Gasteiger partial charge in [0.25, 0.3) is 10.1 Å². The summed E-state index contributed by atoms with van der Waals surface area (Å²) < 4.78 is 34.9. The zero-order valence-electron chi connectivity index (χ0n) is 8.02. The first-order valence-corrected chi connectivity index (χ1v) is 5.62. The molecule has 0 aliphatic heterocycles. The summed E-state index contributed by atoms with van der Waals surface area (Å²) in [5, 5.41) is 0. The molecule has 0 atom stereocenters. The first-order valence-electron chi connectivity index (χ1n) is 4.01. The first-order chi connectivity index (χ1) is 6.42. The van der Waals surface area contributed by atoms with E-state index in [1.54, 1.807) is 25.1 Å². The van der Waals surface area contributed by atoms with Gasteiger partial charge in [-0.3, -0.25) is 4.55 Å². The van der Waals surface area contributed by atoms with Crippen molar-refractivity contribution in [2.75, 3.05) is 7.11 Å². The molecular formula is C9H12O4S. The van der Waals surface area contributed by atoms with E-state index < -0.39 is 10.1 Å². The Morgan fingerprint density at radius 3 is 2.50 bits per heavy atom. The van der Waals surface area contributed by atoms with E-state index in [-0.39, 0.29) is 5.75 Å². The van der Waals surface area contributed by atoms with Crippen molar-refractivity contribution in [2.45, 2.75) is 12.7 Å². The van der Waals surface area contributed by atoms with Crippen molar-refractivity contribution in [3.8, 4) is 5.75 Å². The fourth-order valence-electron chi connectivity index (χ4n) is 1.15. The molecule has 0 aliphatic rings. The van der Waals surface area contributed by atoms with Crippen LogP contribution in [0.25, 0.3) is 0 Å². The van der Waals surface area contributed by atoms with Crippen LogP contribution < -0.4 is 4.74 Å². The van der Waals surface area contributed by atoms with E-state index in [4.69, 9.17) is 9.29 Å². The molecule has 0 aliphatic carbocycles. The van der Waals surface area contributed by atoms with Crippen LogP contribution in [0.1, 0.15) is 11.1 Å². The topological polar surface area (TPSA) is 63.6 Å². The molecule has 0 saturated heterocycles. The predicted molar refractivity (Wildman–Crippen MR) is 53.0 cm³/mol. The fraction of sp³-hybridized carbons (Fsp3) is 0.333. The summed E-state index contributed by atoms with van der Waals surface area (Å²) in [7, 11) is -2.42. The molecule has 0 saturated carbocycles. The number of rotatable bonds is 3. The highest BCUT2D eigenvalue weighted by molar-refractivity contribution is 7.85. The minimum absolute atomic E-state index is 0.358. The van der Waals surface area contributed by atoms with Gasteiger partial charge < -0.3 is 4.74 Å². The van der Waals surface area contributed by atoms with Gasteiger partial charge in [-0.25, -0.2) is 0 Å². The van der Waals surface area contributed by atoms with E-state index >= 15 is 0 Å². The maximum absolute atomic E-state index is 10.6. The number of hydrogen-bond donors (Lipinski definition) is 1. The predicted octanol–water partition coefficient (Wildman–Crippen LogP) is 1.39. The second kappa shape index (κ2) is 3.98. The summed E-state index contributed by atoms with van der Waals surface area (Å²) in [5.41, 5.74) is 1.36. The Labute approximate surface area is 83.3 Å². The van der Waals surface area contributed by atoms with Crippen LogP contribution in [-0.2, 0) is 15.9 Å². The van der Waals surface area contributed by atoms with Crippen LogP contribution in [0.5, 0.6) is 5.75 Å². The van der Waals surface area contributed by atoms with Crippen molar-refractivity contribution in [3.63, 3.8) is 0 Å². The summed E-state index contributed by atoms with van der Waals surface area (Å²) in [6.07, 6.45) is 0. The maximum atomic E-state index is 10.6. The van der Waals surface area contributed by atoms with Crippen molar-refractivity contribution in [2.24, 2.45) is 0 Å². The van der Waals surface area contributed by atoms with E-state index in [0.717, 1.165) is 5.56 Å². The summed E-state index contributed by atoms with van der Waals surface area (Å²) in [6.45, 7) is 1.77. The third-order valence-electron chi connectivity index (χ3n) is 1.89. The molecule has 0 amide bonds. The van der Waals surface area contributed by atoms with Gasteiger partial charge in [-0.2, -0.15) is 8.42 Å². The van der Waals surface area contributed by atoms with Gasteiger partial charge in [0.05, 0.1) is 7.11 Å². The standard InChI is InChI=1S/C9H12O4S/c1-7-5-9(13-2)4-3-8(7)6-14(10,11)12/h3-5H,6H2,1-2H3,(H,10,11,12). The zero-order valence-corrected chi connectivity index (χ0v) is 8.84. The number of benzene rings is 1. The quantitative estimate of drug-likeness (QED) is 0.775. The minimum atomic E-state index is -3.96. The second-order valence-corrected chi connectivity index (χ2v) is 4.47. The molecule has 0 aromatic heterocycles. The van der Waals surface area contributed by atoms with Crippen LogP contribution in [0, 0.1) is 6.92 Å². The van der Waals surface area contributed by atoms with Crippen LogP contribution in [0.2, 0.25) is 0 Å². The molecule has 5 heteroatoms. The van der Waals surface area contributed by atoms with Gasteiger partial charge in [0.1, 0.15) is 11.5 Å². The Kier molecular flexibility index (Phi) is 3.13. The van der Waals surface area contributed by atoms with Crippen LogP contribution >= 0.6 is 0 Å². The van der Waals surface area contributed by atoms with Crippen molar-refractivity contribution in [3.05, 3.63) is 29.3 Å². The monoisotopic (exact) mass is 216 g/mol. The normalized spacial score (nSPS) is 11.4. The third kappa shape index (κ3) is 3.01. The summed E-state index contributed by atoms with van der Waals surface area (Å²) >= 11 is 0. The first kappa shape index (κ1) is 11.0. The van der Waals surface area contributed by atoms with Gasteiger partial charge in [-0.15, -0.1) is 0 Å². The largest absolute Gasteiger partial charge is 0.497 e. The van der Waals surface area contributed by atoms with Crippen LogP contribution in [-0.4, -0.2) is 20.1 Å². The Hall–Kier alpha value is -1.07. The van der Waals surface area contributed by atoms with Gasteiger partial charge in [0.2, 0.25) is 0 Å². The van der Waals surface area contributed by atoms with E-state index in [0.29, 0.717) is 11.3 Å². The molecule has 0 unspecified atom stereocenters. The summed E-state index contributed by atoms with van der Waals surface area (Å²) in [6, 6.07) is 5.01. The maximum Gasteiger partial charge on any atom is 0.269 e. The summed E-state index contributed by atoms with van der Waals surface area (Å²) in [4.78, 5) is 0. The lowest BCUT2D eigenvalue weighted by molar-refractivity contribution is 0.414. The number of methoxy groups -OCH3 is 1. The van der Waals surface area contributed by atoms with Crippen LogP contribution in [0.3, 0.4) is 0 Å². The average molecular weight is 216 g/mol. The van der Waals surface area contributed by atoms with Gasteiger partial charge in [0, 0.05) is 0 Å². The van der Waals surface area contributed by atoms with Crippen molar-refractivity contribution in [1.82, 2.24) is 0 Å². The molecule has 1 aromatic rings. The van der Waals surface area contributed by atoms with Crippen molar-refractivity contribution >= 4 is 10.1 Å². The molecule has 1 N–H and O–H groups in total. The van der Waals surface area contributed by atoms with Crippen LogP contribution in [0.4, 0.5) is 0 Å². The molecule has 78 valence electrons. The lowest BCUT2D eigenvalue weighted by Crippen LogP contribution is -2.03. The third-order valence-corrected chi connectivity index (χ3v) is 2.56. The molecule has 0 fully saturated rings. The molecule has 14 heavy (non-hydrogen) atoms. The van der Waals surface area contributed by atoms with Crippen LogP contribution in [0.15, 0.2) is 18.2 Å². The number of aryl methyl sites for hydroxylation is 1. The minimum Gasteiger partial charge on any atom is -0.497 e. The molecule has 0 spiro atoms. The van der Waals surface area contributed by atoms with E-state index in [1.165, 1.54) is 7.11 Å². The second-order valence-electron chi connectivity index (χ2n) is 3.02. The fourth-order valence-corrected chi connectivity index (χ4v) is 1.87. The van der Waals surface area contributed by atoms with Gasteiger partial charge in [0.15, 0.2) is 0 Å².